The molecule has 132 valence electrons. The normalized spacial score (nSPS) is 10.4. The Morgan fingerprint density at radius 3 is 2.62 bits per heavy atom. The van der Waals surface area contributed by atoms with E-state index < -0.39 is 0 Å². The van der Waals surface area contributed by atoms with Gasteiger partial charge in [0.25, 0.3) is 5.91 Å². The maximum absolute atomic E-state index is 12.5. The lowest BCUT2D eigenvalue weighted by atomic mass is 10.2. The molecular formula is C20H19ClN4O. The lowest BCUT2D eigenvalue weighted by Crippen LogP contribution is -2.24. The van der Waals surface area contributed by atoms with Crippen molar-refractivity contribution < 1.29 is 4.79 Å². The summed E-state index contributed by atoms with van der Waals surface area (Å²) in [5.41, 5.74) is 3.86. The second-order valence-electron chi connectivity index (χ2n) is 5.99. The minimum Gasteiger partial charge on any atom is -0.347 e. The molecule has 1 heterocycles. The summed E-state index contributed by atoms with van der Waals surface area (Å²) in [4.78, 5) is 21.1. The Kier molecular flexibility index (Phi) is 5.49. The number of nitrogens with one attached hydrogen (secondary N) is 2. The van der Waals surface area contributed by atoms with Gasteiger partial charge in [-0.1, -0.05) is 41.9 Å². The molecule has 0 atom stereocenters. The van der Waals surface area contributed by atoms with Crippen LogP contribution in [-0.2, 0) is 6.54 Å². The molecule has 0 aliphatic heterocycles. The van der Waals surface area contributed by atoms with Gasteiger partial charge in [0, 0.05) is 22.9 Å². The van der Waals surface area contributed by atoms with Crippen molar-refractivity contribution in [3.8, 4) is 0 Å². The number of carbonyl (C=O) groups is 1. The van der Waals surface area contributed by atoms with Gasteiger partial charge in [0.2, 0.25) is 5.95 Å². The van der Waals surface area contributed by atoms with Gasteiger partial charge in [0.1, 0.15) is 5.69 Å². The maximum Gasteiger partial charge on any atom is 0.270 e. The number of aryl methyl sites for hydroxylation is 2. The molecule has 0 saturated carbocycles. The van der Waals surface area contributed by atoms with Crippen LogP contribution in [0.2, 0.25) is 5.02 Å². The largest absolute Gasteiger partial charge is 0.347 e. The number of anilines is 2. The highest BCUT2D eigenvalue weighted by Gasteiger charge is 2.11. The third-order valence-electron chi connectivity index (χ3n) is 3.76. The third kappa shape index (κ3) is 4.58. The smallest absolute Gasteiger partial charge is 0.270 e. The first-order chi connectivity index (χ1) is 12.5. The van der Waals surface area contributed by atoms with Gasteiger partial charge in [0.05, 0.1) is 0 Å². The average Bonchev–Trinajstić information content (AvgIpc) is 2.60. The molecule has 5 nitrogen and oxygen atoms in total. The summed E-state index contributed by atoms with van der Waals surface area (Å²) in [5.74, 6) is 0.112. The maximum atomic E-state index is 12.5. The molecule has 6 heteroatoms. The first-order valence-corrected chi connectivity index (χ1v) is 8.60. The standard InChI is InChI=1S/C20H19ClN4O/c1-13-6-5-8-16(10-13)24-20-23-14(2)11-18(25-20)19(26)22-12-15-7-3-4-9-17(15)21/h3-11H,12H2,1-2H3,(H,22,26)(H,23,24,25). The molecule has 26 heavy (non-hydrogen) atoms. The molecule has 3 aromatic rings. The van der Waals surface area contributed by atoms with Crippen LogP contribution in [-0.4, -0.2) is 15.9 Å². The van der Waals surface area contributed by atoms with Gasteiger partial charge >= 0.3 is 0 Å². The number of carbonyl (C=O) groups excluding carboxylic acids is 1. The lowest BCUT2D eigenvalue weighted by Gasteiger charge is -2.10. The quantitative estimate of drug-likeness (QED) is 0.701. The predicted octanol–water partition coefficient (Wildman–Crippen LogP) is 4.42. The van der Waals surface area contributed by atoms with E-state index >= 15 is 0 Å². The van der Waals surface area contributed by atoms with E-state index in [1.807, 2.05) is 56.3 Å². The first-order valence-electron chi connectivity index (χ1n) is 8.22. The fourth-order valence-corrected chi connectivity index (χ4v) is 2.70. The zero-order chi connectivity index (χ0) is 18.5. The van der Waals surface area contributed by atoms with Crippen LogP contribution in [0.15, 0.2) is 54.6 Å². The number of benzene rings is 2. The lowest BCUT2D eigenvalue weighted by molar-refractivity contribution is 0.0946. The Morgan fingerprint density at radius 1 is 1.04 bits per heavy atom. The van der Waals surface area contributed by atoms with Crippen molar-refractivity contribution in [2.45, 2.75) is 20.4 Å². The summed E-state index contributed by atoms with van der Waals surface area (Å²) in [7, 11) is 0. The number of rotatable bonds is 5. The predicted molar refractivity (Wildman–Crippen MR) is 104 cm³/mol. The topological polar surface area (TPSA) is 66.9 Å². The van der Waals surface area contributed by atoms with Gasteiger partial charge in [-0.15, -0.1) is 0 Å². The van der Waals surface area contributed by atoms with Crippen LogP contribution in [0.3, 0.4) is 0 Å². The van der Waals surface area contributed by atoms with E-state index in [1.165, 1.54) is 0 Å². The monoisotopic (exact) mass is 366 g/mol. The number of amides is 1. The van der Waals surface area contributed by atoms with Crippen molar-refractivity contribution in [3.05, 3.63) is 82.1 Å². The molecule has 2 aromatic carbocycles. The second kappa shape index (κ2) is 7.97. The molecule has 0 fully saturated rings. The van der Waals surface area contributed by atoms with Crippen molar-refractivity contribution >= 4 is 29.1 Å². The van der Waals surface area contributed by atoms with Gasteiger partial charge in [-0.25, -0.2) is 9.97 Å². The van der Waals surface area contributed by atoms with E-state index in [0.29, 0.717) is 28.9 Å². The van der Waals surface area contributed by atoms with Crippen molar-refractivity contribution in [2.24, 2.45) is 0 Å². The van der Waals surface area contributed by atoms with Gasteiger partial charge < -0.3 is 10.6 Å². The second-order valence-corrected chi connectivity index (χ2v) is 6.39. The highest BCUT2D eigenvalue weighted by molar-refractivity contribution is 6.31. The molecular weight excluding hydrogens is 348 g/mol. The number of halogens is 1. The summed E-state index contributed by atoms with van der Waals surface area (Å²) < 4.78 is 0. The fourth-order valence-electron chi connectivity index (χ4n) is 2.50. The first kappa shape index (κ1) is 17.9. The van der Waals surface area contributed by atoms with Crippen molar-refractivity contribution in [3.63, 3.8) is 0 Å². The zero-order valence-electron chi connectivity index (χ0n) is 14.6. The molecule has 3 rings (SSSR count). The number of hydrogen-bond donors (Lipinski definition) is 2. The van der Waals surface area contributed by atoms with E-state index in [9.17, 15) is 4.79 Å². The molecule has 0 aliphatic rings. The summed E-state index contributed by atoms with van der Waals surface area (Å²) in [6, 6.07) is 16.9. The molecule has 0 radical (unpaired) electrons. The molecule has 0 bridgehead atoms. The van der Waals surface area contributed by atoms with Crippen LogP contribution in [0.4, 0.5) is 11.6 Å². The summed E-state index contributed by atoms with van der Waals surface area (Å²) in [5, 5.41) is 6.60. The molecule has 0 unspecified atom stereocenters. The van der Waals surface area contributed by atoms with E-state index in [0.717, 1.165) is 16.8 Å². The summed E-state index contributed by atoms with van der Waals surface area (Å²) in [6.45, 7) is 4.17. The Morgan fingerprint density at radius 2 is 1.85 bits per heavy atom. The average molecular weight is 367 g/mol. The van der Waals surface area contributed by atoms with Crippen molar-refractivity contribution in [2.75, 3.05) is 5.32 Å². The van der Waals surface area contributed by atoms with E-state index in [4.69, 9.17) is 11.6 Å². The third-order valence-corrected chi connectivity index (χ3v) is 4.13. The Hall–Kier alpha value is -2.92. The minimum absolute atomic E-state index is 0.275. The zero-order valence-corrected chi connectivity index (χ0v) is 15.3. The Labute approximate surface area is 157 Å². The number of nitrogens with zero attached hydrogens (tertiary/aromatic N) is 2. The minimum atomic E-state index is -0.275. The molecule has 0 saturated heterocycles. The van der Waals surface area contributed by atoms with E-state index in [1.54, 1.807) is 12.1 Å². The van der Waals surface area contributed by atoms with Crippen LogP contribution in [0.25, 0.3) is 0 Å². The highest BCUT2D eigenvalue weighted by atomic mass is 35.5. The van der Waals surface area contributed by atoms with Crippen molar-refractivity contribution in [1.29, 1.82) is 0 Å². The number of hydrogen-bond acceptors (Lipinski definition) is 4. The van der Waals surface area contributed by atoms with Gasteiger partial charge in [0.15, 0.2) is 0 Å². The van der Waals surface area contributed by atoms with Crippen LogP contribution >= 0.6 is 11.6 Å². The van der Waals surface area contributed by atoms with E-state index in [-0.39, 0.29) is 5.91 Å². The molecule has 0 aliphatic carbocycles. The summed E-state index contributed by atoms with van der Waals surface area (Å²) in [6.07, 6.45) is 0. The summed E-state index contributed by atoms with van der Waals surface area (Å²) >= 11 is 6.12. The number of aromatic nitrogens is 2. The van der Waals surface area contributed by atoms with Gasteiger partial charge in [-0.05, 0) is 49.2 Å². The molecule has 2 N–H and O–H groups in total. The fraction of sp³-hybridized carbons (Fsp3) is 0.150. The Balaban J connectivity index is 1.74. The SMILES string of the molecule is Cc1cccc(Nc2nc(C)cc(C(=O)NCc3ccccc3Cl)n2)c1. The molecule has 1 amide bonds. The van der Waals surface area contributed by atoms with E-state index in [2.05, 4.69) is 20.6 Å². The van der Waals surface area contributed by atoms with Crippen molar-refractivity contribution in [1.82, 2.24) is 15.3 Å². The highest BCUT2D eigenvalue weighted by Crippen LogP contribution is 2.16. The Bertz CT molecular complexity index is 943. The molecule has 1 aromatic heterocycles. The van der Waals surface area contributed by atoms with Crippen LogP contribution < -0.4 is 10.6 Å². The molecule has 0 spiro atoms. The van der Waals surface area contributed by atoms with Crippen LogP contribution in [0.1, 0.15) is 27.3 Å². The van der Waals surface area contributed by atoms with Gasteiger partial charge in [-0.2, -0.15) is 0 Å². The van der Waals surface area contributed by atoms with Crippen LogP contribution in [0, 0.1) is 13.8 Å². The van der Waals surface area contributed by atoms with Crippen LogP contribution in [0.5, 0.6) is 0 Å². The van der Waals surface area contributed by atoms with Gasteiger partial charge in [-0.3, -0.25) is 4.79 Å².